The third kappa shape index (κ3) is 3.60. The third-order valence-electron chi connectivity index (χ3n) is 3.59. The Morgan fingerprint density at radius 3 is 2.55 bits per heavy atom. The van der Waals surface area contributed by atoms with Gasteiger partial charge in [0.2, 0.25) is 5.91 Å². The Kier molecular flexibility index (Phi) is 4.44. The molecule has 1 aliphatic rings. The second-order valence-corrected chi connectivity index (χ2v) is 5.32. The highest BCUT2D eigenvalue weighted by atomic mass is 16.3. The number of carbonyl (C=O) groups is 2. The van der Waals surface area contributed by atoms with Crippen molar-refractivity contribution in [1.29, 1.82) is 0 Å². The molecule has 6 nitrogen and oxygen atoms in total. The van der Waals surface area contributed by atoms with Crippen molar-refractivity contribution in [3.8, 4) is 0 Å². The number of primary amides is 1. The van der Waals surface area contributed by atoms with Crippen LogP contribution in [0.25, 0.3) is 0 Å². The molecule has 0 saturated carbocycles. The molecule has 2 rings (SSSR count). The van der Waals surface area contributed by atoms with Gasteiger partial charge in [0.25, 0.3) is 5.91 Å². The van der Waals surface area contributed by atoms with Crippen molar-refractivity contribution in [3.63, 3.8) is 0 Å². The predicted octanol–water partition coefficient (Wildman–Crippen LogP) is 0.576. The van der Waals surface area contributed by atoms with Crippen LogP contribution < -0.4 is 11.1 Å². The maximum atomic E-state index is 12.1. The lowest BCUT2D eigenvalue weighted by Gasteiger charge is -2.31. The highest BCUT2D eigenvalue weighted by Crippen LogP contribution is 2.15. The van der Waals surface area contributed by atoms with Crippen LogP contribution in [-0.2, 0) is 4.79 Å². The molecule has 0 unspecified atom stereocenters. The molecule has 110 valence electrons. The summed E-state index contributed by atoms with van der Waals surface area (Å²) in [6, 6.07) is 1.90. The van der Waals surface area contributed by atoms with Crippen LogP contribution >= 0.6 is 0 Å². The first-order chi connectivity index (χ1) is 9.45. The second-order valence-electron chi connectivity index (χ2n) is 5.32. The van der Waals surface area contributed by atoms with E-state index in [-0.39, 0.29) is 17.9 Å². The van der Waals surface area contributed by atoms with Crippen LogP contribution in [0.2, 0.25) is 0 Å². The molecule has 1 aromatic heterocycles. The SMILES string of the molecule is Cc1cc(C(=O)NC2CCN(CC(N)=O)CC2)c(C)o1. The minimum atomic E-state index is -0.308. The van der Waals surface area contributed by atoms with Crippen LogP contribution in [-0.4, -0.2) is 42.4 Å². The first-order valence-corrected chi connectivity index (χ1v) is 6.84. The molecule has 1 fully saturated rings. The topological polar surface area (TPSA) is 88.6 Å². The summed E-state index contributed by atoms with van der Waals surface area (Å²) in [5, 5.41) is 3.02. The van der Waals surface area contributed by atoms with Crippen LogP contribution in [0.15, 0.2) is 10.5 Å². The van der Waals surface area contributed by atoms with E-state index in [1.165, 1.54) is 0 Å². The zero-order chi connectivity index (χ0) is 14.7. The monoisotopic (exact) mass is 279 g/mol. The number of likely N-dealkylation sites (tertiary alicyclic amines) is 1. The Labute approximate surface area is 118 Å². The van der Waals surface area contributed by atoms with Gasteiger partial charge >= 0.3 is 0 Å². The lowest BCUT2D eigenvalue weighted by molar-refractivity contribution is -0.119. The van der Waals surface area contributed by atoms with Gasteiger partial charge in [0.1, 0.15) is 11.5 Å². The lowest BCUT2D eigenvalue weighted by atomic mass is 10.0. The Morgan fingerprint density at radius 2 is 2.05 bits per heavy atom. The van der Waals surface area contributed by atoms with Crippen molar-refractivity contribution in [2.75, 3.05) is 19.6 Å². The number of nitrogens with two attached hydrogens (primary N) is 1. The number of hydrogen-bond acceptors (Lipinski definition) is 4. The Bertz CT molecular complexity index is 502. The quantitative estimate of drug-likeness (QED) is 0.843. The number of amides is 2. The largest absolute Gasteiger partial charge is 0.466 e. The van der Waals surface area contributed by atoms with Crippen molar-refractivity contribution < 1.29 is 14.0 Å². The summed E-state index contributed by atoms with van der Waals surface area (Å²) in [6.45, 7) is 5.46. The summed E-state index contributed by atoms with van der Waals surface area (Å²) >= 11 is 0. The lowest BCUT2D eigenvalue weighted by Crippen LogP contribution is -2.46. The molecule has 6 heteroatoms. The fourth-order valence-electron chi connectivity index (χ4n) is 2.58. The minimum absolute atomic E-state index is 0.0901. The van der Waals surface area contributed by atoms with Crippen LogP contribution in [0, 0.1) is 13.8 Å². The number of aryl methyl sites for hydroxylation is 2. The van der Waals surface area contributed by atoms with E-state index in [2.05, 4.69) is 5.32 Å². The van der Waals surface area contributed by atoms with Crippen LogP contribution in [0.3, 0.4) is 0 Å². The fraction of sp³-hybridized carbons (Fsp3) is 0.571. The average Bonchev–Trinajstić information content (AvgIpc) is 2.70. The standard InChI is InChI=1S/C14H21N3O3/c1-9-7-12(10(2)20-9)14(19)16-11-3-5-17(6-4-11)8-13(15)18/h7,11H,3-6,8H2,1-2H3,(H2,15,18)(H,16,19). The van der Waals surface area contributed by atoms with Crippen LogP contribution in [0.4, 0.5) is 0 Å². The van der Waals surface area contributed by atoms with Gasteiger partial charge in [-0.1, -0.05) is 0 Å². The molecule has 0 bridgehead atoms. The first-order valence-electron chi connectivity index (χ1n) is 6.84. The zero-order valence-corrected chi connectivity index (χ0v) is 11.9. The maximum absolute atomic E-state index is 12.1. The van der Waals surface area contributed by atoms with Crippen molar-refractivity contribution >= 4 is 11.8 Å². The molecular weight excluding hydrogens is 258 g/mol. The molecule has 1 saturated heterocycles. The van der Waals surface area contributed by atoms with Gasteiger partial charge < -0.3 is 15.5 Å². The fourth-order valence-corrected chi connectivity index (χ4v) is 2.58. The Hall–Kier alpha value is -1.82. The molecule has 0 aliphatic carbocycles. The smallest absolute Gasteiger partial charge is 0.255 e. The summed E-state index contributed by atoms with van der Waals surface area (Å²) in [6.07, 6.45) is 1.66. The zero-order valence-electron chi connectivity index (χ0n) is 11.9. The summed E-state index contributed by atoms with van der Waals surface area (Å²) in [4.78, 5) is 25.0. The summed E-state index contributed by atoms with van der Waals surface area (Å²) in [7, 11) is 0. The summed E-state index contributed by atoms with van der Waals surface area (Å²) < 4.78 is 5.37. The van der Waals surface area contributed by atoms with Crippen molar-refractivity contribution in [3.05, 3.63) is 23.2 Å². The third-order valence-corrected chi connectivity index (χ3v) is 3.59. The number of furan rings is 1. The molecule has 0 spiro atoms. The van der Waals surface area contributed by atoms with E-state index in [0.717, 1.165) is 31.7 Å². The highest BCUT2D eigenvalue weighted by molar-refractivity contribution is 5.95. The molecule has 3 N–H and O–H groups in total. The molecule has 0 aromatic carbocycles. The molecule has 2 amide bonds. The molecule has 0 atom stereocenters. The molecule has 20 heavy (non-hydrogen) atoms. The van der Waals surface area contributed by atoms with E-state index in [1.54, 1.807) is 13.0 Å². The van der Waals surface area contributed by atoms with Crippen molar-refractivity contribution in [2.24, 2.45) is 5.73 Å². The number of piperidine rings is 1. The van der Waals surface area contributed by atoms with Crippen LogP contribution in [0.1, 0.15) is 34.7 Å². The number of carbonyl (C=O) groups excluding carboxylic acids is 2. The van der Waals surface area contributed by atoms with Gasteiger partial charge in [-0.15, -0.1) is 0 Å². The molecule has 2 heterocycles. The van der Waals surface area contributed by atoms with Gasteiger partial charge in [-0.2, -0.15) is 0 Å². The number of hydrogen-bond donors (Lipinski definition) is 2. The molecular formula is C14H21N3O3. The van der Waals surface area contributed by atoms with Crippen LogP contribution in [0.5, 0.6) is 0 Å². The van der Waals surface area contributed by atoms with Gasteiger partial charge in [-0.3, -0.25) is 14.5 Å². The van der Waals surface area contributed by atoms with Gasteiger partial charge in [-0.05, 0) is 32.8 Å². The van der Waals surface area contributed by atoms with E-state index in [0.29, 0.717) is 17.9 Å². The normalized spacial score (nSPS) is 17.1. The molecule has 1 aromatic rings. The van der Waals surface area contributed by atoms with E-state index in [1.807, 2.05) is 11.8 Å². The number of rotatable bonds is 4. The Balaban J connectivity index is 1.85. The molecule has 1 aliphatic heterocycles. The van der Waals surface area contributed by atoms with Gasteiger partial charge in [0.05, 0.1) is 12.1 Å². The highest BCUT2D eigenvalue weighted by Gasteiger charge is 2.23. The summed E-state index contributed by atoms with van der Waals surface area (Å²) in [5.74, 6) is 0.986. The average molecular weight is 279 g/mol. The predicted molar refractivity (Wildman–Crippen MR) is 74.3 cm³/mol. The van der Waals surface area contributed by atoms with Gasteiger partial charge in [0, 0.05) is 19.1 Å². The minimum Gasteiger partial charge on any atom is -0.466 e. The second kappa shape index (κ2) is 6.09. The van der Waals surface area contributed by atoms with Crippen molar-refractivity contribution in [1.82, 2.24) is 10.2 Å². The summed E-state index contributed by atoms with van der Waals surface area (Å²) in [5.41, 5.74) is 5.77. The van der Waals surface area contributed by atoms with Crippen molar-refractivity contribution in [2.45, 2.75) is 32.7 Å². The van der Waals surface area contributed by atoms with E-state index in [9.17, 15) is 9.59 Å². The van der Waals surface area contributed by atoms with Gasteiger partial charge in [-0.25, -0.2) is 0 Å². The Morgan fingerprint density at radius 1 is 1.40 bits per heavy atom. The maximum Gasteiger partial charge on any atom is 0.255 e. The number of nitrogens with one attached hydrogen (secondary N) is 1. The number of nitrogens with zero attached hydrogens (tertiary/aromatic N) is 1. The molecule has 0 radical (unpaired) electrons. The van der Waals surface area contributed by atoms with E-state index in [4.69, 9.17) is 10.2 Å². The van der Waals surface area contributed by atoms with Gasteiger partial charge in [0.15, 0.2) is 0 Å². The van der Waals surface area contributed by atoms with E-state index >= 15 is 0 Å². The first kappa shape index (κ1) is 14.6. The van der Waals surface area contributed by atoms with E-state index < -0.39 is 0 Å².